The Bertz CT molecular complexity index is 422. The van der Waals surface area contributed by atoms with Crippen molar-refractivity contribution < 1.29 is 4.79 Å². The fourth-order valence-corrected chi connectivity index (χ4v) is 2.63. The Kier molecular flexibility index (Phi) is 4.41. The number of nitrogens with one attached hydrogen (secondary N) is 1. The molecule has 104 valence electrons. The largest absolute Gasteiger partial charge is 0.316 e. The van der Waals surface area contributed by atoms with E-state index >= 15 is 0 Å². The number of hydrogen-bond donors (Lipinski definition) is 1. The highest BCUT2D eigenvalue weighted by Gasteiger charge is 2.18. The third kappa shape index (κ3) is 4.17. The first kappa shape index (κ1) is 14.3. The van der Waals surface area contributed by atoms with Crippen molar-refractivity contribution in [3.05, 3.63) is 35.4 Å². The molecule has 0 aromatic heterocycles. The molecular formula is C17H25NO. The van der Waals surface area contributed by atoms with Gasteiger partial charge in [-0.25, -0.2) is 0 Å². The molecule has 0 amide bonds. The first-order valence-electron chi connectivity index (χ1n) is 7.27. The minimum atomic E-state index is 0.179. The van der Waals surface area contributed by atoms with Crippen molar-refractivity contribution in [1.29, 1.82) is 0 Å². The molecule has 0 aliphatic carbocycles. The van der Waals surface area contributed by atoms with E-state index in [-0.39, 0.29) is 5.41 Å². The molecule has 2 nitrogen and oxygen atoms in total. The lowest BCUT2D eigenvalue weighted by Crippen LogP contribution is -2.14. The third-order valence-electron chi connectivity index (χ3n) is 3.90. The highest BCUT2D eigenvalue weighted by Crippen LogP contribution is 2.22. The van der Waals surface area contributed by atoms with Crippen LogP contribution in [0.15, 0.2) is 24.3 Å². The van der Waals surface area contributed by atoms with Crippen LogP contribution in [0.5, 0.6) is 0 Å². The molecule has 0 bridgehead atoms. The number of carbonyl (C=O) groups is 1. The standard InChI is InChI=1S/C17H25NO/c1-17(2,3)15-6-4-13(5-7-15)10-16(19)11-14-8-9-18-12-14/h4-7,14,18H,8-12H2,1-3H3. The highest BCUT2D eigenvalue weighted by atomic mass is 16.1. The average Bonchev–Trinajstić information content (AvgIpc) is 2.81. The summed E-state index contributed by atoms with van der Waals surface area (Å²) >= 11 is 0. The van der Waals surface area contributed by atoms with Gasteiger partial charge < -0.3 is 5.32 Å². The van der Waals surface area contributed by atoms with E-state index in [1.54, 1.807) is 0 Å². The van der Waals surface area contributed by atoms with Crippen LogP contribution in [0.2, 0.25) is 0 Å². The predicted molar refractivity (Wildman–Crippen MR) is 79.4 cm³/mol. The van der Waals surface area contributed by atoms with Gasteiger partial charge >= 0.3 is 0 Å². The van der Waals surface area contributed by atoms with E-state index in [1.807, 2.05) is 0 Å². The molecule has 1 aliphatic heterocycles. The Morgan fingerprint density at radius 2 is 1.95 bits per heavy atom. The Labute approximate surface area is 116 Å². The molecule has 2 heteroatoms. The maximum atomic E-state index is 12.0. The Hall–Kier alpha value is -1.15. The third-order valence-corrected chi connectivity index (χ3v) is 3.90. The molecule has 1 atom stereocenters. The summed E-state index contributed by atoms with van der Waals surface area (Å²) in [6.45, 7) is 8.70. The molecule has 1 aliphatic rings. The molecule has 2 rings (SSSR count). The lowest BCUT2D eigenvalue weighted by molar-refractivity contribution is -0.119. The normalized spacial score (nSPS) is 19.6. The van der Waals surface area contributed by atoms with Gasteiger partial charge in [0.1, 0.15) is 5.78 Å². The molecule has 0 saturated carbocycles. The zero-order valence-corrected chi connectivity index (χ0v) is 12.3. The Morgan fingerprint density at radius 3 is 2.47 bits per heavy atom. The number of rotatable bonds is 4. The monoisotopic (exact) mass is 259 g/mol. The van der Waals surface area contributed by atoms with Crippen LogP contribution in [0.25, 0.3) is 0 Å². The van der Waals surface area contributed by atoms with Crippen molar-refractivity contribution in [2.45, 2.75) is 45.4 Å². The van der Waals surface area contributed by atoms with Crippen LogP contribution in [0.4, 0.5) is 0 Å². The zero-order valence-electron chi connectivity index (χ0n) is 12.3. The molecule has 1 heterocycles. The lowest BCUT2D eigenvalue weighted by Gasteiger charge is -2.19. The minimum absolute atomic E-state index is 0.179. The van der Waals surface area contributed by atoms with Crippen molar-refractivity contribution in [3.8, 4) is 0 Å². The van der Waals surface area contributed by atoms with Gasteiger partial charge in [-0.3, -0.25) is 4.79 Å². The van der Waals surface area contributed by atoms with Gasteiger partial charge in [0.25, 0.3) is 0 Å². The minimum Gasteiger partial charge on any atom is -0.316 e. The van der Waals surface area contributed by atoms with Gasteiger partial charge in [-0.1, -0.05) is 45.0 Å². The van der Waals surface area contributed by atoms with Crippen LogP contribution < -0.4 is 5.32 Å². The van der Waals surface area contributed by atoms with Crippen LogP contribution in [-0.4, -0.2) is 18.9 Å². The summed E-state index contributed by atoms with van der Waals surface area (Å²) in [6.07, 6.45) is 2.46. The lowest BCUT2D eigenvalue weighted by atomic mass is 9.86. The first-order valence-corrected chi connectivity index (χ1v) is 7.27. The van der Waals surface area contributed by atoms with E-state index < -0.39 is 0 Å². The molecule has 1 saturated heterocycles. The summed E-state index contributed by atoms with van der Waals surface area (Å²) < 4.78 is 0. The second-order valence-electron chi connectivity index (χ2n) is 6.73. The van der Waals surface area contributed by atoms with E-state index in [4.69, 9.17) is 0 Å². The number of carbonyl (C=O) groups excluding carboxylic acids is 1. The molecular weight excluding hydrogens is 234 g/mol. The number of benzene rings is 1. The summed E-state index contributed by atoms with van der Waals surface area (Å²) in [4.78, 5) is 12.0. The fraction of sp³-hybridized carbons (Fsp3) is 0.588. The second kappa shape index (κ2) is 5.87. The Morgan fingerprint density at radius 1 is 1.26 bits per heavy atom. The van der Waals surface area contributed by atoms with Crippen molar-refractivity contribution >= 4 is 5.78 Å². The van der Waals surface area contributed by atoms with Gasteiger partial charge in [0, 0.05) is 12.8 Å². The van der Waals surface area contributed by atoms with Crippen LogP contribution in [-0.2, 0) is 16.6 Å². The van der Waals surface area contributed by atoms with Crippen molar-refractivity contribution in [3.63, 3.8) is 0 Å². The van der Waals surface area contributed by atoms with Gasteiger partial charge in [0.15, 0.2) is 0 Å². The number of ketones is 1. The number of Topliss-reactive ketones (excluding diaryl/α,β-unsaturated/α-hetero) is 1. The molecule has 0 radical (unpaired) electrons. The quantitative estimate of drug-likeness (QED) is 0.900. The van der Waals surface area contributed by atoms with Gasteiger partial charge in [0.05, 0.1) is 0 Å². The van der Waals surface area contributed by atoms with Gasteiger partial charge in [-0.15, -0.1) is 0 Å². The summed E-state index contributed by atoms with van der Waals surface area (Å²) in [5, 5.41) is 3.31. The topological polar surface area (TPSA) is 29.1 Å². The van der Waals surface area contributed by atoms with E-state index in [1.165, 1.54) is 5.56 Å². The van der Waals surface area contributed by atoms with E-state index in [0.717, 1.165) is 31.5 Å². The van der Waals surface area contributed by atoms with Gasteiger partial charge in [-0.2, -0.15) is 0 Å². The van der Waals surface area contributed by atoms with E-state index in [9.17, 15) is 4.79 Å². The molecule has 1 unspecified atom stereocenters. The van der Waals surface area contributed by atoms with Crippen molar-refractivity contribution in [2.24, 2.45) is 5.92 Å². The smallest absolute Gasteiger partial charge is 0.137 e. The summed E-state index contributed by atoms with van der Waals surface area (Å²) in [5.41, 5.74) is 2.64. The second-order valence-corrected chi connectivity index (χ2v) is 6.73. The maximum Gasteiger partial charge on any atom is 0.137 e. The van der Waals surface area contributed by atoms with Gasteiger partial charge in [-0.05, 0) is 42.0 Å². The molecule has 19 heavy (non-hydrogen) atoms. The van der Waals surface area contributed by atoms with Crippen LogP contribution in [0.3, 0.4) is 0 Å². The molecule has 1 aromatic carbocycles. The van der Waals surface area contributed by atoms with Crippen LogP contribution in [0, 0.1) is 5.92 Å². The molecule has 1 N–H and O–H groups in total. The fourth-order valence-electron chi connectivity index (χ4n) is 2.63. The zero-order chi connectivity index (χ0) is 13.9. The summed E-state index contributed by atoms with van der Waals surface area (Å²) in [5.74, 6) is 0.929. The van der Waals surface area contributed by atoms with Crippen molar-refractivity contribution in [2.75, 3.05) is 13.1 Å². The SMILES string of the molecule is CC(C)(C)c1ccc(CC(=O)CC2CCNC2)cc1. The number of hydrogen-bond acceptors (Lipinski definition) is 2. The highest BCUT2D eigenvalue weighted by molar-refractivity contribution is 5.81. The molecule has 0 spiro atoms. The summed E-state index contributed by atoms with van der Waals surface area (Å²) in [7, 11) is 0. The average molecular weight is 259 g/mol. The summed E-state index contributed by atoms with van der Waals surface area (Å²) in [6, 6.07) is 8.51. The van der Waals surface area contributed by atoms with Gasteiger partial charge in [0.2, 0.25) is 0 Å². The first-order chi connectivity index (χ1) is 8.95. The van der Waals surface area contributed by atoms with E-state index in [2.05, 4.69) is 50.4 Å². The van der Waals surface area contributed by atoms with E-state index in [0.29, 0.717) is 18.1 Å². The molecule has 1 fully saturated rings. The van der Waals surface area contributed by atoms with Crippen LogP contribution in [0.1, 0.15) is 44.7 Å². The Balaban J connectivity index is 1.90. The van der Waals surface area contributed by atoms with Crippen LogP contribution >= 0.6 is 0 Å². The van der Waals surface area contributed by atoms with Crippen molar-refractivity contribution in [1.82, 2.24) is 5.32 Å². The molecule has 1 aromatic rings. The maximum absolute atomic E-state index is 12.0. The predicted octanol–water partition coefficient (Wildman–Crippen LogP) is 3.10.